The molecule has 0 aliphatic rings. The van der Waals surface area contributed by atoms with Crippen molar-refractivity contribution in [3.05, 3.63) is 5.51 Å². The SMILES string of the molecule is CC(CN)NC(=O)Nc1nncs1. The Bertz CT molecular complexity index is 262. The van der Waals surface area contributed by atoms with Gasteiger partial charge in [-0.1, -0.05) is 11.3 Å². The third kappa shape index (κ3) is 3.34. The van der Waals surface area contributed by atoms with E-state index in [2.05, 4.69) is 20.8 Å². The average molecular weight is 201 g/mol. The maximum atomic E-state index is 11.1. The quantitative estimate of drug-likeness (QED) is 0.642. The molecule has 0 bridgehead atoms. The number of nitrogens with zero attached hydrogens (tertiary/aromatic N) is 2. The first kappa shape index (κ1) is 9.87. The zero-order valence-electron chi connectivity index (χ0n) is 7.15. The van der Waals surface area contributed by atoms with Gasteiger partial charge in [-0.05, 0) is 6.92 Å². The second-order valence-corrected chi connectivity index (χ2v) is 3.31. The molecule has 1 heterocycles. The number of anilines is 1. The van der Waals surface area contributed by atoms with Crippen LogP contribution < -0.4 is 16.4 Å². The van der Waals surface area contributed by atoms with Crippen molar-refractivity contribution in [3.8, 4) is 0 Å². The van der Waals surface area contributed by atoms with E-state index in [1.165, 1.54) is 11.3 Å². The van der Waals surface area contributed by atoms with Gasteiger partial charge >= 0.3 is 6.03 Å². The van der Waals surface area contributed by atoms with E-state index in [1.807, 2.05) is 6.92 Å². The summed E-state index contributed by atoms with van der Waals surface area (Å²) in [4.78, 5) is 11.1. The lowest BCUT2D eigenvalue weighted by Gasteiger charge is -2.10. The largest absolute Gasteiger partial charge is 0.334 e. The fourth-order valence-electron chi connectivity index (χ4n) is 0.643. The Morgan fingerprint density at radius 1 is 1.85 bits per heavy atom. The topological polar surface area (TPSA) is 92.9 Å². The highest BCUT2D eigenvalue weighted by atomic mass is 32.1. The molecule has 0 aromatic carbocycles. The van der Waals surface area contributed by atoms with Crippen LogP contribution in [0.25, 0.3) is 0 Å². The summed E-state index contributed by atoms with van der Waals surface area (Å²) in [5.41, 5.74) is 6.87. The first-order chi connectivity index (χ1) is 6.22. The van der Waals surface area contributed by atoms with Crippen molar-refractivity contribution in [1.29, 1.82) is 0 Å². The molecule has 1 aromatic rings. The lowest BCUT2D eigenvalue weighted by molar-refractivity contribution is 0.249. The number of aromatic nitrogens is 2. The van der Waals surface area contributed by atoms with Gasteiger partial charge < -0.3 is 11.1 Å². The molecule has 0 aliphatic carbocycles. The van der Waals surface area contributed by atoms with E-state index < -0.39 is 0 Å². The fraction of sp³-hybridized carbons (Fsp3) is 0.500. The van der Waals surface area contributed by atoms with Gasteiger partial charge in [-0.25, -0.2) is 4.79 Å². The highest BCUT2D eigenvalue weighted by molar-refractivity contribution is 7.13. The van der Waals surface area contributed by atoms with Crippen molar-refractivity contribution in [3.63, 3.8) is 0 Å². The predicted octanol–water partition coefficient (Wildman–Crippen LogP) is 0.00680. The van der Waals surface area contributed by atoms with E-state index in [4.69, 9.17) is 5.73 Å². The Hall–Kier alpha value is -1.21. The molecule has 13 heavy (non-hydrogen) atoms. The van der Waals surface area contributed by atoms with Gasteiger partial charge in [0.05, 0.1) is 0 Å². The second-order valence-electron chi connectivity index (χ2n) is 2.48. The molecular formula is C6H11N5OS. The van der Waals surface area contributed by atoms with Crippen LogP contribution in [0.15, 0.2) is 5.51 Å². The number of carbonyl (C=O) groups excluding carboxylic acids is 1. The van der Waals surface area contributed by atoms with E-state index in [0.717, 1.165) is 0 Å². The summed E-state index contributed by atoms with van der Waals surface area (Å²) in [6.45, 7) is 2.23. The van der Waals surface area contributed by atoms with Crippen molar-refractivity contribution in [2.75, 3.05) is 11.9 Å². The van der Waals surface area contributed by atoms with Gasteiger partial charge in [-0.15, -0.1) is 10.2 Å². The standard InChI is InChI=1S/C6H11N5OS/c1-4(2-7)9-5(12)10-6-11-8-3-13-6/h3-4H,2,7H2,1H3,(H2,9,10,11,12). The van der Waals surface area contributed by atoms with Gasteiger partial charge in [0.25, 0.3) is 0 Å². The molecule has 6 nitrogen and oxygen atoms in total. The third-order valence-corrected chi connectivity index (χ3v) is 1.92. The Labute approximate surface area is 79.5 Å². The number of carbonyl (C=O) groups is 1. The van der Waals surface area contributed by atoms with E-state index in [0.29, 0.717) is 11.7 Å². The highest BCUT2D eigenvalue weighted by Crippen LogP contribution is 2.06. The molecule has 0 fully saturated rings. The average Bonchev–Trinajstić information content (AvgIpc) is 2.56. The van der Waals surface area contributed by atoms with Crippen molar-refractivity contribution in [2.45, 2.75) is 13.0 Å². The number of nitrogens with one attached hydrogen (secondary N) is 2. The second kappa shape index (κ2) is 4.73. The van der Waals surface area contributed by atoms with Crippen LogP contribution >= 0.6 is 11.3 Å². The maximum Gasteiger partial charge on any atom is 0.321 e. The molecule has 0 saturated carbocycles. The highest BCUT2D eigenvalue weighted by Gasteiger charge is 2.06. The van der Waals surface area contributed by atoms with Crippen molar-refractivity contribution >= 4 is 22.5 Å². The normalized spacial score (nSPS) is 12.2. The first-order valence-corrected chi connectivity index (χ1v) is 4.64. The zero-order chi connectivity index (χ0) is 9.68. The minimum absolute atomic E-state index is 0.0482. The summed E-state index contributed by atoms with van der Waals surface area (Å²) in [5.74, 6) is 0. The van der Waals surface area contributed by atoms with Gasteiger partial charge in [-0.3, -0.25) is 5.32 Å². The molecule has 0 aliphatic heterocycles. The molecule has 1 aromatic heterocycles. The molecule has 72 valence electrons. The fourth-order valence-corrected chi connectivity index (χ4v) is 1.08. The molecule has 1 rings (SSSR count). The molecule has 4 N–H and O–H groups in total. The molecule has 0 radical (unpaired) electrons. The number of rotatable bonds is 3. The maximum absolute atomic E-state index is 11.1. The lowest BCUT2D eigenvalue weighted by atomic mass is 10.3. The number of amides is 2. The van der Waals surface area contributed by atoms with Gasteiger partial charge in [0.1, 0.15) is 5.51 Å². The molecule has 1 atom stereocenters. The van der Waals surface area contributed by atoms with Crippen molar-refractivity contribution in [2.24, 2.45) is 5.73 Å². The summed E-state index contributed by atoms with van der Waals surface area (Å²) in [6, 6.07) is -0.359. The molecule has 7 heteroatoms. The molecule has 2 amide bonds. The van der Waals surface area contributed by atoms with Crippen LogP contribution in [0, 0.1) is 0 Å². The van der Waals surface area contributed by atoms with Gasteiger partial charge in [0, 0.05) is 12.6 Å². The van der Waals surface area contributed by atoms with Crippen molar-refractivity contribution < 1.29 is 4.79 Å². The minimum atomic E-state index is -0.310. The molecule has 1 unspecified atom stereocenters. The van der Waals surface area contributed by atoms with Crippen LogP contribution in [-0.2, 0) is 0 Å². The van der Waals surface area contributed by atoms with Crippen LogP contribution in [0.5, 0.6) is 0 Å². The van der Waals surface area contributed by atoms with E-state index in [-0.39, 0.29) is 12.1 Å². The molecule has 0 spiro atoms. The number of nitrogens with two attached hydrogens (primary N) is 1. The van der Waals surface area contributed by atoms with Crippen LogP contribution in [0.1, 0.15) is 6.92 Å². The Balaban J connectivity index is 2.34. The minimum Gasteiger partial charge on any atom is -0.334 e. The summed E-state index contributed by atoms with van der Waals surface area (Å²) >= 11 is 1.26. The summed E-state index contributed by atoms with van der Waals surface area (Å²) < 4.78 is 0. The van der Waals surface area contributed by atoms with Crippen molar-refractivity contribution in [1.82, 2.24) is 15.5 Å². The lowest BCUT2D eigenvalue weighted by Crippen LogP contribution is -2.40. The van der Waals surface area contributed by atoms with Gasteiger partial charge in [-0.2, -0.15) is 0 Å². The number of hydrogen-bond acceptors (Lipinski definition) is 5. The van der Waals surface area contributed by atoms with Crippen LogP contribution in [0.4, 0.5) is 9.93 Å². The summed E-state index contributed by atoms with van der Waals surface area (Å²) in [7, 11) is 0. The van der Waals surface area contributed by atoms with E-state index in [1.54, 1.807) is 5.51 Å². The van der Waals surface area contributed by atoms with Gasteiger partial charge in [0.2, 0.25) is 5.13 Å². The van der Waals surface area contributed by atoms with E-state index in [9.17, 15) is 4.79 Å². The zero-order valence-corrected chi connectivity index (χ0v) is 7.97. The molecular weight excluding hydrogens is 190 g/mol. The predicted molar refractivity (Wildman–Crippen MR) is 50.6 cm³/mol. The Kier molecular flexibility index (Phi) is 3.59. The first-order valence-electron chi connectivity index (χ1n) is 3.76. The van der Waals surface area contributed by atoms with Gasteiger partial charge in [0.15, 0.2) is 0 Å². The van der Waals surface area contributed by atoms with Crippen LogP contribution in [-0.4, -0.2) is 28.8 Å². The monoisotopic (exact) mass is 201 g/mol. The smallest absolute Gasteiger partial charge is 0.321 e. The number of hydrogen-bond donors (Lipinski definition) is 3. The molecule has 0 saturated heterocycles. The summed E-state index contributed by atoms with van der Waals surface area (Å²) in [6.07, 6.45) is 0. The Morgan fingerprint density at radius 2 is 2.62 bits per heavy atom. The van der Waals surface area contributed by atoms with E-state index >= 15 is 0 Å². The van der Waals surface area contributed by atoms with Crippen LogP contribution in [0.2, 0.25) is 0 Å². The van der Waals surface area contributed by atoms with Crippen LogP contribution in [0.3, 0.4) is 0 Å². The summed E-state index contributed by atoms with van der Waals surface area (Å²) in [5, 5.41) is 12.9. The number of urea groups is 1. The Morgan fingerprint density at radius 3 is 3.15 bits per heavy atom. The third-order valence-electron chi connectivity index (χ3n) is 1.31.